The summed E-state index contributed by atoms with van der Waals surface area (Å²) in [6.07, 6.45) is 0.780. The topological polar surface area (TPSA) is 83.1 Å². The molecule has 1 aliphatic rings. The summed E-state index contributed by atoms with van der Waals surface area (Å²) in [7, 11) is -3.80. The summed E-state index contributed by atoms with van der Waals surface area (Å²) in [5.74, 6) is 2.03. The Labute approximate surface area is 159 Å². The van der Waals surface area contributed by atoms with Crippen LogP contribution in [0.2, 0.25) is 0 Å². The van der Waals surface area contributed by atoms with Crippen molar-refractivity contribution in [3.63, 3.8) is 0 Å². The standard InChI is InChI=1S/C19H23NO6S/c1-3-23-16-9-7-15(13-19(16)24-4-2)27(21,22)20-14-6-8-17-18(12-14)26-11-5-10-25-17/h6-9,12-13,20H,3-5,10-11H2,1-2H3. The molecule has 146 valence electrons. The lowest BCUT2D eigenvalue weighted by molar-refractivity contribution is 0.287. The molecular weight excluding hydrogens is 370 g/mol. The van der Waals surface area contributed by atoms with E-state index in [9.17, 15) is 8.42 Å². The summed E-state index contributed by atoms with van der Waals surface area (Å²) in [6.45, 7) is 5.64. The van der Waals surface area contributed by atoms with Crippen molar-refractivity contribution in [2.24, 2.45) is 0 Å². The van der Waals surface area contributed by atoms with Crippen LogP contribution in [0.3, 0.4) is 0 Å². The summed E-state index contributed by atoms with van der Waals surface area (Å²) < 4.78 is 50.3. The SMILES string of the molecule is CCOc1ccc(S(=O)(=O)Nc2ccc3c(c2)OCCCO3)cc1OCC. The smallest absolute Gasteiger partial charge is 0.262 e. The molecule has 0 spiro atoms. The van der Waals surface area contributed by atoms with E-state index >= 15 is 0 Å². The monoisotopic (exact) mass is 393 g/mol. The van der Waals surface area contributed by atoms with Crippen LogP contribution in [0.15, 0.2) is 41.3 Å². The van der Waals surface area contributed by atoms with Crippen LogP contribution in [0, 0.1) is 0 Å². The minimum absolute atomic E-state index is 0.0847. The van der Waals surface area contributed by atoms with Gasteiger partial charge in [0.2, 0.25) is 0 Å². The molecule has 2 aromatic rings. The normalized spacial score (nSPS) is 13.6. The van der Waals surface area contributed by atoms with Gasteiger partial charge in [0.15, 0.2) is 23.0 Å². The van der Waals surface area contributed by atoms with Crippen LogP contribution in [-0.2, 0) is 10.0 Å². The fourth-order valence-electron chi connectivity index (χ4n) is 2.64. The number of nitrogens with one attached hydrogen (secondary N) is 1. The molecule has 3 rings (SSSR count). The lowest BCUT2D eigenvalue weighted by Gasteiger charge is -2.14. The number of rotatable bonds is 7. The first-order valence-corrected chi connectivity index (χ1v) is 10.3. The highest BCUT2D eigenvalue weighted by molar-refractivity contribution is 7.92. The summed E-state index contributed by atoms with van der Waals surface area (Å²) in [5.41, 5.74) is 0.395. The van der Waals surface area contributed by atoms with Crippen molar-refractivity contribution >= 4 is 15.7 Å². The second-order valence-corrected chi connectivity index (χ2v) is 7.47. The number of hydrogen-bond acceptors (Lipinski definition) is 6. The predicted octanol–water partition coefficient (Wildman–Crippen LogP) is 3.45. The number of anilines is 1. The molecule has 0 atom stereocenters. The molecule has 0 saturated carbocycles. The van der Waals surface area contributed by atoms with E-state index < -0.39 is 10.0 Å². The fourth-order valence-corrected chi connectivity index (χ4v) is 3.70. The number of hydrogen-bond donors (Lipinski definition) is 1. The van der Waals surface area contributed by atoms with Gasteiger partial charge in [0.1, 0.15) is 0 Å². The Balaban J connectivity index is 1.86. The molecule has 0 bridgehead atoms. The van der Waals surface area contributed by atoms with Crippen molar-refractivity contribution < 1.29 is 27.4 Å². The zero-order valence-electron chi connectivity index (χ0n) is 15.4. The van der Waals surface area contributed by atoms with Gasteiger partial charge in [-0.05, 0) is 38.1 Å². The Bertz CT molecular complexity index is 897. The summed E-state index contributed by atoms with van der Waals surface area (Å²) >= 11 is 0. The zero-order valence-corrected chi connectivity index (χ0v) is 16.2. The molecule has 0 aromatic heterocycles. The highest BCUT2D eigenvalue weighted by atomic mass is 32.2. The van der Waals surface area contributed by atoms with Crippen molar-refractivity contribution in [2.45, 2.75) is 25.2 Å². The molecule has 1 aliphatic heterocycles. The van der Waals surface area contributed by atoms with E-state index in [2.05, 4.69) is 4.72 Å². The Kier molecular flexibility index (Phi) is 5.95. The molecule has 0 radical (unpaired) electrons. The molecule has 0 amide bonds. The van der Waals surface area contributed by atoms with Crippen molar-refractivity contribution in [3.8, 4) is 23.0 Å². The average Bonchev–Trinajstić information content (AvgIpc) is 2.88. The van der Waals surface area contributed by atoms with Crippen LogP contribution in [0.1, 0.15) is 20.3 Å². The van der Waals surface area contributed by atoms with Gasteiger partial charge in [0, 0.05) is 18.6 Å². The van der Waals surface area contributed by atoms with Crippen LogP contribution in [0.5, 0.6) is 23.0 Å². The maximum absolute atomic E-state index is 12.8. The minimum atomic E-state index is -3.80. The van der Waals surface area contributed by atoms with Crippen molar-refractivity contribution in [1.29, 1.82) is 0 Å². The summed E-state index contributed by atoms with van der Waals surface area (Å²) in [5, 5.41) is 0. The Morgan fingerprint density at radius 3 is 2.37 bits per heavy atom. The van der Waals surface area contributed by atoms with Crippen LogP contribution in [0.4, 0.5) is 5.69 Å². The molecule has 2 aromatic carbocycles. The van der Waals surface area contributed by atoms with Crippen LogP contribution in [0.25, 0.3) is 0 Å². The first kappa shape index (κ1) is 19.2. The third-order valence-corrected chi connectivity index (χ3v) is 5.20. The van der Waals surface area contributed by atoms with Gasteiger partial charge < -0.3 is 18.9 Å². The van der Waals surface area contributed by atoms with Gasteiger partial charge in [-0.25, -0.2) is 8.42 Å². The number of fused-ring (bicyclic) bond motifs is 1. The molecule has 7 nitrogen and oxygen atoms in total. The molecule has 0 fully saturated rings. The molecule has 8 heteroatoms. The summed E-state index contributed by atoms with van der Waals surface area (Å²) in [4.78, 5) is 0.0847. The van der Waals surface area contributed by atoms with Gasteiger partial charge in [-0.15, -0.1) is 0 Å². The third kappa shape index (κ3) is 4.57. The molecule has 0 saturated heterocycles. The quantitative estimate of drug-likeness (QED) is 0.776. The lowest BCUT2D eigenvalue weighted by Crippen LogP contribution is -2.13. The van der Waals surface area contributed by atoms with Crippen LogP contribution in [-0.4, -0.2) is 34.8 Å². The van der Waals surface area contributed by atoms with Crippen molar-refractivity contribution in [1.82, 2.24) is 0 Å². The Hall–Kier alpha value is -2.61. The molecule has 1 N–H and O–H groups in total. The minimum Gasteiger partial charge on any atom is -0.490 e. The number of benzene rings is 2. The van der Waals surface area contributed by atoms with E-state index in [0.29, 0.717) is 55.1 Å². The first-order chi connectivity index (χ1) is 13.0. The second kappa shape index (κ2) is 8.39. The van der Waals surface area contributed by atoms with E-state index in [1.165, 1.54) is 12.1 Å². The van der Waals surface area contributed by atoms with E-state index in [4.69, 9.17) is 18.9 Å². The number of sulfonamides is 1. The van der Waals surface area contributed by atoms with Crippen LogP contribution < -0.4 is 23.7 Å². The van der Waals surface area contributed by atoms with Crippen molar-refractivity contribution in [2.75, 3.05) is 31.1 Å². The predicted molar refractivity (Wildman–Crippen MR) is 102 cm³/mol. The number of ether oxygens (including phenoxy) is 4. The molecule has 1 heterocycles. The van der Waals surface area contributed by atoms with E-state index in [-0.39, 0.29) is 4.90 Å². The van der Waals surface area contributed by atoms with Crippen LogP contribution >= 0.6 is 0 Å². The van der Waals surface area contributed by atoms with E-state index in [1.807, 2.05) is 13.8 Å². The fraction of sp³-hybridized carbons (Fsp3) is 0.368. The van der Waals surface area contributed by atoms with Gasteiger partial charge >= 0.3 is 0 Å². The van der Waals surface area contributed by atoms with E-state index in [0.717, 1.165) is 6.42 Å². The average molecular weight is 393 g/mol. The highest BCUT2D eigenvalue weighted by Gasteiger charge is 2.19. The lowest BCUT2D eigenvalue weighted by atomic mass is 10.3. The largest absolute Gasteiger partial charge is 0.490 e. The summed E-state index contributed by atoms with van der Waals surface area (Å²) in [6, 6.07) is 9.50. The molecule has 0 unspecified atom stereocenters. The third-order valence-electron chi connectivity index (χ3n) is 3.82. The highest BCUT2D eigenvalue weighted by Crippen LogP contribution is 2.34. The second-order valence-electron chi connectivity index (χ2n) is 5.79. The zero-order chi connectivity index (χ0) is 19.3. The van der Waals surface area contributed by atoms with Gasteiger partial charge in [0.25, 0.3) is 10.0 Å². The maximum atomic E-state index is 12.8. The van der Waals surface area contributed by atoms with Gasteiger partial charge in [-0.2, -0.15) is 0 Å². The van der Waals surface area contributed by atoms with Crippen molar-refractivity contribution in [3.05, 3.63) is 36.4 Å². The first-order valence-electron chi connectivity index (χ1n) is 8.85. The van der Waals surface area contributed by atoms with Gasteiger partial charge in [-0.1, -0.05) is 0 Å². The molecule has 27 heavy (non-hydrogen) atoms. The Morgan fingerprint density at radius 2 is 1.63 bits per heavy atom. The van der Waals surface area contributed by atoms with Gasteiger partial charge in [-0.3, -0.25) is 4.72 Å². The molecule has 0 aliphatic carbocycles. The van der Waals surface area contributed by atoms with E-state index in [1.54, 1.807) is 24.3 Å². The van der Waals surface area contributed by atoms with Gasteiger partial charge in [0.05, 0.1) is 37.0 Å². The maximum Gasteiger partial charge on any atom is 0.262 e. The molecular formula is C19H23NO6S. The Morgan fingerprint density at radius 1 is 0.926 bits per heavy atom.